The molecule has 4 rings (SSSR count). The van der Waals surface area contributed by atoms with Gasteiger partial charge in [0.05, 0.1) is 24.6 Å². The summed E-state index contributed by atoms with van der Waals surface area (Å²) in [6.45, 7) is 4.21. The Hall–Kier alpha value is -3.04. The van der Waals surface area contributed by atoms with Crippen molar-refractivity contribution in [2.45, 2.75) is 38.0 Å². The molecule has 9 heteroatoms. The maximum Gasteiger partial charge on any atom is 0.129 e. The highest BCUT2D eigenvalue weighted by atomic mass is 35.5. The fourth-order valence-corrected chi connectivity index (χ4v) is 4.97. The molecule has 2 aromatic heterocycles. The van der Waals surface area contributed by atoms with Crippen molar-refractivity contribution >= 4 is 23.2 Å². The third kappa shape index (κ3) is 10.3. The van der Waals surface area contributed by atoms with Crippen LogP contribution in [0.1, 0.15) is 41.6 Å². The molecule has 7 nitrogen and oxygen atoms in total. The number of ether oxygens (including phenoxy) is 2. The number of aliphatic hydroxyl groups is 2. The van der Waals surface area contributed by atoms with Gasteiger partial charge in [0, 0.05) is 19.1 Å². The summed E-state index contributed by atoms with van der Waals surface area (Å²) >= 11 is 12.1. The third-order valence-corrected chi connectivity index (χ3v) is 7.34. The second-order valence-electron chi connectivity index (χ2n) is 10.1. The second-order valence-corrected chi connectivity index (χ2v) is 10.9. The van der Waals surface area contributed by atoms with Crippen LogP contribution in [0.5, 0.6) is 5.75 Å². The van der Waals surface area contributed by atoms with Crippen molar-refractivity contribution < 1.29 is 19.7 Å². The van der Waals surface area contributed by atoms with Gasteiger partial charge >= 0.3 is 0 Å². The largest absolute Gasteiger partial charge is 0.491 e. The van der Waals surface area contributed by atoms with Gasteiger partial charge in [-0.05, 0) is 67.3 Å². The van der Waals surface area contributed by atoms with Crippen molar-refractivity contribution in [1.82, 2.24) is 14.9 Å². The number of pyridine rings is 2. The van der Waals surface area contributed by atoms with Crippen molar-refractivity contribution in [1.29, 1.82) is 0 Å². The molecule has 0 unspecified atom stereocenters. The second kappa shape index (κ2) is 16.6. The molecule has 0 spiro atoms. The predicted molar refractivity (Wildman–Crippen MR) is 166 cm³/mol. The van der Waals surface area contributed by atoms with Gasteiger partial charge in [0.15, 0.2) is 0 Å². The molecule has 0 aliphatic rings. The summed E-state index contributed by atoms with van der Waals surface area (Å²) in [4.78, 5) is 10.5. The molecule has 0 fully saturated rings. The number of halogens is 2. The van der Waals surface area contributed by atoms with Gasteiger partial charge in [0.1, 0.15) is 34.9 Å². The van der Waals surface area contributed by atoms with E-state index in [2.05, 4.69) is 29.0 Å². The molecule has 42 heavy (non-hydrogen) atoms. The fourth-order valence-electron chi connectivity index (χ4n) is 4.63. The molecule has 4 aromatic rings. The van der Waals surface area contributed by atoms with Crippen LogP contribution in [0, 0.1) is 0 Å². The number of nitrogens with zero attached hydrogens (tertiary/aromatic N) is 3. The first-order chi connectivity index (χ1) is 20.4. The van der Waals surface area contributed by atoms with Crippen molar-refractivity contribution in [3.63, 3.8) is 0 Å². The van der Waals surface area contributed by atoms with Gasteiger partial charge in [0.25, 0.3) is 0 Å². The quantitative estimate of drug-likeness (QED) is 0.117. The molecule has 3 atom stereocenters. The summed E-state index contributed by atoms with van der Waals surface area (Å²) in [5.41, 5.74) is 3.30. The molecular formula is C33H37Cl2N3O4. The van der Waals surface area contributed by atoms with E-state index in [9.17, 15) is 10.2 Å². The summed E-state index contributed by atoms with van der Waals surface area (Å²) in [5.74, 6) is 0.778. The predicted octanol–water partition coefficient (Wildman–Crippen LogP) is 6.12. The van der Waals surface area contributed by atoms with Gasteiger partial charge in [-0.1, -0.05) is 77.8 Å². The van der Waals surface area contributed by atoms with Crippen LogP contribution >= 0.6 is 23.2 Å². The van der Waals surface area contributed by atoms with E-state index < -0.39 is 12.2 Å². The zero-order valence-electron chi connectivity index (χ0n) is 23.7. The monoisotopic (exact) mass is 609 g/mol. The maximum atomic E-state index is 11.0. The third-order valence-electron chi connectivity index (χ3n) is 6.92. The highest BCUT2D eigenvalue weighted by Crippen LogP contribution is 2.22. The van der Waals surface area contributed by atoms with Gasteiger partial charge in [-0.3, -0.25) is 4.90 Å². The van der Waals surface area contributed by atoms with Crippen LogP contribution < -0.4 is 4.74 Å². The van der Waals surface area contributed by atoms with E-state index in [1.54, 1.807) is 36.4 Å². The number of hydrogen-bond acceptors (Lipinski definition) is 7. The molecular weight excluding hydrogens is 573 g/mol. The fraction of sp³-hybridized carbons (Fsp3) is 0.333. The minimum Gasteiger partial charge on any atom is -0.491 e. The van der Waals surface area contributed by atoms with E-state index in [1.807, 2.05) is 47.4 Å². The summed E-state index contributed by atoms with van der Waals surface area (Å²) in [7, 11) is 0. The first-order valence-electron chi connectivity index (χ1n) is 14.1. The lowest BCUT2D eigenvalue weighted by Crippen LogP contribution is -2.40. The molecule has 0 aliphatic carbocycles. The standard InChI is InChI=1S/C33H37Cl2N3O4/c1-24(21-26-13-15-27(16-14-26)42-20-19-41-18-17-25-7-3-2-4-8-25)38(22-30(39)28-9-5-11-32(34)36-28)23-31(40)29-10-6-12-33(35)37-29/h2-16,24,30-31,39-40H,17-23H2,1H3/t24-,30-,31-/m1/s1. The summed E-state index contributed by atoms with van der Waals surface area (Å²) in [6, 6.07) is 28.5. The van der Waals surface area contributed by atoms with E-state index in [4.69, 9.17) is 32.7 Å². The van der Waals surface area contributed by atoms with E-state index in [0.717, 1.165) is 17.7 Å². The minimum absolute atomic E-state index is 0.0301. The van der Waals surface area contributed by atoms with Gasteiger partial charge in [-0.15, -0.1) is 0 Å². The number of aliphatic hydroxyl groups excluding tert-OH is 2. The summed E-state index contributed by atoms with van der Waals surface area (Å²) in [6.07, 6.45) is -0.217. The van der Waals surface area contributed by atoms with Gasteiger partial charge in [-0.25, -0.2) is 9.97 Å². The van der Waals surface area contributed by atoms with Crippen molar-refractivity contribution in [3.8, 4) is 5.75 Å². The zero-order valence-corrected chi connectivity index (χ0v) is 25.2. The highest BCUT2D eigenvalue weighted by Gasteiger charge is 2.24. The van der Waals surface area contributed by atoms with Crippen molar-refractivity contribution in [3.05, 3.63) is 124 Å². The lowest BCUT2D eigenvalue weighted by molar-refractivity contribution is 0.0452. The van der Waals surface area contributed by atoms with Crippen LogP contribution in [0.15, 0.2) is 91.0 Å². The molecule has 0 amide bonds. The first kappa shape index (κ1) is 31.9. The Morgan fingerprint density at radius 1 is 0.690 bits per heavy atom. The van der Waals surface area contributed by atoms with Gasteiger partial charge in [-0.2, -0.15) is 0 Å². The summed E-state index contributed by atoms with van der Waals surface area (Å²) in [5, 5.41) is 22.6. The Labute approximate surface area is 257 Å². The SMILES string of the molecule is C[C@H](Cc1ccc(OCCOCCc2ccccc2)cc1)N(C[C@@H](O)c1cccc(Cl)n1)C[C@@H](O)c1cccc(Cl)n1. The van der Waals surface area contributed by atoms with Crippen LogP contribution in [0.25, 0.3) is 0 Å². The van der Waals surface area contributed by atoms with Crippen LogP contribution in [-0.4, -0.2) is 64.0 Å². The molecule has 0 bridgehead atoms. The molecule has 222 valence electrons. The molecule has 2 heterocycles. The topological polar surface area (TPSA) is 87.9 Å². The minimum atomic E-state index is -0.892. The Balaban J connectivity index is 1.31. The molecule has 2 aromatic carbocycles. The Kier molecular flexibility index (Phi) is 12.6. The molecule has 2 N–H and O–H groups in total. The normalized spacial score (nSPS) is 13.6. The smallest absolute Gasteiger partial charge is 0.129 e. The van der Waals surface area contributed by atoms with Gasteiger partial charge < -0.3 is 19.7 Å². The lowest BCUT2D eigenvalue weighted by Gasteiger charge is -2.32. The summed E-state index contributed by atoms with van der Waals surface area (Å²) < 4.78 is 11.6. The average Bonchev–Trinajstić information content (AvgIpc) is 2.99. The van der Waals surface area contributed by atoms with Gasteiger partial charge in [0.2, 0.25) is 0 Å². The molecule has 0 radical (unpaired) electrons. The van der Waals surface area contributed by atoms with Crippen LogP contribution in [0.3, 0.4) is 0 Å². The van der Waals surface area contributed by atoms with E-state index in [0.29, 0.717) is 47.9 Å². The lowest BCUT2D eigenvalue weighted by atomic mass is 10.0. The Bertz CT molecular complexity index is 1310. The van der Waals surface area contributed by atoms with E-state index >= 15 is 0 Å². The molecule has 0 aliphatic heterocycles. The number of rotatable bonds is 16. The highest BCUT2D eigenvalue weighted by molar-refractivity contribution is 6.29. The molecule has 0 saturated heterocycles. The van der Waals surface area contributed by atoms with Crippen LogP contribution in [0.2, 0.25) is 10.3 Å². The Morgan fingerprint density at radius 3 is 1.86 bits per heavy atom. The van der Waals surface area contributed by atoms with Crippen LogP contribution in [0.4, 0.5) is 0 Å². The van der Waals surface area contributed by atoms with Crippen molar-refractivity contribution in [2.75, 3.05) is 32.9 Å². The maximum absolute atomic E-state index is 11.0. The molecule has 0 saturated carbocycles. The number of aromatic nitrogens is 2. The van der Waals surface area contributed by atoms with E-state index in [-0.39, 0.29) is 19.1 Å². The van der Waals surface area contributed by atoms with Crippen LogP contribution in [-0.2, 0) is 17.6 Å². The van der Waals surface area contributed by atoms with E-state index in [1.165, 1.54) is 5.56 Å². The average molecular weight is 611 g/mol. The number of benzene rings is 2. The first-order valence-corrected chi connectivity index (χ1v) is 14.8. The Morgan fingerprint density at radius 2 is 1.29 bits per heavy atom. The zero-order chi connectivity index (χ0) is 29.7. The number of hydrogen-bond donors (Lipinski definition) is 2. The van der Waals surface area contributed by atoms with Crippen molar-refractivity contribution in [2.24, 2.45) is 0 Å².